The van der Waals surface area contributed by atoms with Gasteiger partial charge in [-0.05, 0) is 31.5 Å². The molecule has 1 fully saturated rings. The van der Waals surface area contributed by atoms with E-state index in [0.717, 1.165) is 24.4 Å². The molecular formula is C14H21ClN2O2. The Morgan fingerprint density at radius 2 is 2.26 bits per heavy atom. The van der Waals surface area contributed by atoms with Gasteiger partial charge in [0.25, 0.3) is 0 Å². The summed E-state index contributed by atoms with van der Waals surface area (Å²) in [5, 5.41) is 6.13. The minimum Gasteiger partial charge on any atom is -0.494 e. The molecule has 0 bridgehead atoms. The number of benzene rings is 1. The first kappa shape index (κ1) is 15.8. The Hall–Kier alpha value is -1.26. The SMILES string of the molecule is CCOc1cccc(C(C)NC(=O)C2CNC2)c1.Cl. The van der Waals surface area contributed by atoms with E-state index in [4.69, 9.17) is 4.74 Å². The zero-order chi connectivity index (χ0) is 13.0. The number of hydrogen-bond acceptors (Lipinski definition) is 3. The summed E-state index contributed by atoms with van der Waals surface area (Å²) in [6, 6.07) is 7.88. The minimum absolute atomic E-state index is 0. The van der Waals surface area contributed by atoms with Crippen LogP contribution < -0.4 is 15.4 Å². The number of carbonyl (C=O) groups excluding carboxylic acids is 1. The van der Waals surface area contributed by atoms with Crippen LogP contribution in [0.2, 0.25) is 0 Å². The monoisotopic (exact) mass is 284 g/mol. The van der Waals surface area contributed by atoms with E-state index >= 15 is 0 Å². The Bertz CT molecular complexity index is 422. The van der Waals surface area contributed by atoms with Crippen molar-refractivity contribution in [2.45, 2.75) is 19.9 Å². The van der Waals surface area contributed by atoms with Gasteiger partial charge in [0.15, 0.2) is 0 Å². The summed E-state index contributed by atoms with van der Waals surface area (Å²) in [5.41, 5.74) is 1.07. The zero-order valence-electron chi connectivity index (χ0n) is 11.3. The second-order valence-corrected chi connectivity index (χ2v) is 4.59. The lowest BCUT2D eigenvalue weighted by atomic mass is 10.0. The van der Waals surface area contributed by atoms with Crippen molar-refractivity contribution in [1.29, 1.82) is 0 Å². The van der Waals surface area contributed by atoms with Crippen LogP contribution in [0, 0.1) is 5.92 Å². The number of rotatable bonds is 5. The van der Waals surface area contributed by atoms with E-state index < -0.39 is 0 Å². The number of halogens is 1. The summed E-state index contributed by atoms with van der Waals surface area (Å²) in [6.45, 7) is 6.18. The summed E-state index contributed by atoms with van der Waals surface area (Å²) in [6.07, 6.45) is 0. The first-order valence-electron chi connectivity index (χ1n) is 6.44. The van der Waals surface area contributed by atoms with Crippen molar-refractivity contribution >= 4 is 18.3 Å². The maximum Gasteiger partial charge on any atom is 0.226 e. The van der Waals surface area contributed by atoms with Crippen LogP contribution in [0.25, 0.3) is 0 Å². The molecule has 1 atom stereocenters. The van der Waals surface area contributed by atoms with E-state index in [0.29, 0.717) is 6.61 Å². The van der Waals surface area contributed by atoms with Gasteiger partial charge in [-0.25, -0.2) is 0 Å². The molecule has 1 heterocycles. The second-order valence-electron chi connectivity index (χ2n) is 4.59. The fourth-order valence-electron chi connectivity index (χ4n) is 1.93. The molecule has 1 amide bonds. The van der Waals surface area contributed by atoms with Crippen molar-refractivity contribution in [3.05, 3.63) is 29.8 Å². The number of carbonyl (C=O) groups is 1. The van der Waals surface area contributed by atoms with Gasteiger partial charge in [0.1, 0.15) is 5.75 Å². The lowest BCUT2D eigenvalue weighted by Gasteiger charge is -2.27. The lowest BCUT2D eigenvalue weighted by molar-refractivity contribution is -0.127. The first-order chi connectivity index (χ1) is 8.70. The van der Waals surface area contributed by atoms with Gasteiger partial charge in [-0.15, -0.1) is 12.4 Å². The molecule has 4 nitrogen and oxygen atoms in total. The molecule has 2 rings (SSSR count). The molecule has 0 aromatic heterocycles. The van der Waals surface area contributed by atoms with Crippen LogP contribution >= 0.6 is 12.4 Å². The van der Waals surface area contributed by atoms with Crippen LogP contribution in [0.5, 0.6) is 5.75 Å². The fourth-order valence-corrected chi connectivity index (χ4v) is 1.93. The van der Waals surface area contributed by atoms with E-state index in [1.54, 1.807) is 0 Å². The van der Waals surface area contributed by atoms with Gasteiger partial charge in [0, 0.05) is 13.1 Å². The van der Waals surface area contributed by atoms with Gasteiger partial charge in [0.2, 0.25) is 5.91 Å². The van der Waals surface area contributed by atoms with Crippen LogP contribution in [0.15, 0.2) is 24.3 Å². The smallest absolute Gasteiger partial charge is 0.226 e. The molecule has 106 valence electrons. The fraction of sp³-hybridized carbons (Fsp3) is 0.500. The summed E-state index contributed by atoms with van der Waals surface area (Å²) < 4.78 is 5.46. The first-order valence-corrected chi connectivity index (χ1v) is 6.44. The Morgan fingerprint density at radius 1 is 1.53 bits per heavy atom. The largest absolute Gasteiger partial charge is 0.494 e. The summed E-state index contributed by atoms with van der Waals surface area (Å²) in [7, 11) is 0. The Labute approximate surface area is 120 Å². The van der Waals surface area contributed by atoms with Gasteiger partial charge < -0.3 is 15.4 Å². The highest BCUT2D eigenvalue weighted by Crippen LogP contribution is 2.19. The molecule has 1 aliphatic rings. The normalized spacial score (nSPS) is 15.9. The van der Waals surface area contributed by atoms with E-state index in [2.05, 4.69) is 10.6 Å². The third-order valence-corrected chi connectivity index (χ3v) is 3.18. The second kappa shape index (κ2) is 7.36. The lowest BCUT2D eigenvalue weighted by Crippen LogP contribution is -2.51. The number of amides is 1. The highest BCUT2D eigenvalue weighted by atomic mass is 35.5. The number of ether oxygens (including phenoxy) is 1. The maximum atomic E-state index is 11.8. The van der Waals surface area contributed by atoms with E-state index in [1.807, 2.05) is 38.1 Å². The van der Waals surface area contributed by atoms with Crippen LogP contribution in [-0.4, -0.2) is 25.6 Å². The minimum atomic E-state index is 0. The quantitative estimate of drug-likeness (QED) is 0.868. The van der Waals surface area contributed by atoms with Crippen molar-refractivity contribution in [2.24, 2.45) is 5.92 Å². The Balaban J connectivity index is 0.00000180. The third kappa shape index (κ3) is 4.11. The summed E-state index contributed by atoms with van der Waals surface area (Å²) in [4.78, 5) is 11.8. The number of hydrogen-bond donors (Lipinski definition) is 2. The standard InChI is InChI=1S/C14H20N2O2.ClH/c1-3-18-13-6-4-5-11(7-13)10(2)16-14(17)12-8-15-9-12;/h4-7,10,12,15H,3,8-9H2,1-2H3,(H,16,17);1H. The van der Waals surface area contributed by atoms with E-state index in [1.165, 1.54) is 0 Å². The average Bonchev–Trinajstić information content (AvgIpc) is 2.27. The molecule has 1 saturated heterocycles. The molecule has 0 aliphatic carbocycles. The molecular weight excluding hydrogens is 264 g/mol. The third-order valence-electron chi connectivity index (χ3n) is 3.18. The van der Waals surface area contributed by atoms with Gasteiger partial charge >= 0.3 is 0 Å². The molecule has 1 aliphatic heterocycles. The van der Waals surface area contributed by atoms with Crippen molar-refractivity contribution in [3.8, 4) is 5.75 Å². The predicted octanol–water partition coefficient (Wildman–Crippen LogP) is 1.90. The topological polar surface area (TPSA) is 50.4 Å². The van der Waals surface area contributed by atoms with Crippen LogP contribution in [-0.2, 0) is 4.79 Å². The Kier molecular flexibility index (Phi) is 6.12. The zero-order valence-corrected chi connectivity index (χ0v) is 12.1. The van der Waals surface area contributed by atoms with Gasteiger partial charge in [0.05, 0.1) is 18.6 Å². The summed E-state index contributed by atoms with van der Waals surface area (Å²) >= 11 is 0. The highest BCUT2D eigenvalue weighted by molar-refractivity contribution is 5.85. The van der Waals surface area contributed by atoms with Crippen molar-refractivity contribution in [3.63, 3.8) is 0 Å². The molecule has 0 saturated carbocycles. The summed E-state index contributed by atoms with van der Waals surface area (Å²) in [5.74, 6) is 1.10. The van der Waals surface area contributed by atoms with Crippen molar-refractivity contribution in [2.75, 3.05) is 19.7 Å². The van der Waals surface area contributed by atoms with Crippen molar-refractivity contribution in [1.82, 2.24) is 10.6 Å². The van der Waals surface area contributed by atoms with Gasteiger partial charge in [-0.3, -0.25) is 4.79 Å². The Morgan fingerprint density at radius 3 is 2.84 bits per heavy atom. The maximum absolute atomic E-state index is 11.8. The van der Waals surface area contributed by atoms with Crippen LogP contribution in [0.3, 0.4) is 0 Å². The van der Waals surface area contributed by atoms with Gasteiger partial charge in [-0.1, -0.05) is 12.1 Å². The van der Waals surface area contributed by atoms with Crippen LogP contribution in [0.1, 0.15) is 25.5 Å². The molecule has 5 heteroatoms. The van der Waals surface area contributed by atoms with E-state index in [-0.39, 0.29) is 30.3 Å². The van der Waals surface area contributed by atoms with Crippen LogP contribution in [0.4, 0.5) is 0 Å². The molecule has 2 N–H and O–H groups in total. The molecule has 0 radical (unpaired) electrons. The number of nitrogens with one attached hydrogen (secondary N) is 2. The highest BCUT2D eigenvalue weighted by Gasteiger charge is 2.25. The van der Waals surface area contributed by atoms with E-state index in [9.17, 15) is 4.79 Å². The molecule has 19 heavy (non-hydrogen) atoms. The average molecular weight is 285 g/mol. The molecule has 1 unspecified atom stereocenters. The molecule has 0 spiro atoms. The van der Waals surface area contributed by atoms with Gasteiger partial charge in [-0.2, -0.15) is 0 Å². The predicted molar refractivity (Wildman–Crippen MR) is 77.8 cm³/mol. The molecule has 1 aromatic rings. The van der Waals surface area contributed by atoms with Crippen molar-refractivity contribution < 1.29 is 9.53 Å². The molecule has 1 aromatic carbocycles.